The molecule has 2 amide bonds. The van der Waals surface area contributed by atoms with E-state index >= 15 is 0 Å². The van der Waals surface area contributed by atoms with Crippen LogP contribution in [0.15, 0.2) is 40.8 Å². The van der Waals surface area contributed by atoms with Gasteiger partial charge in [-0.3, -0.25) is 9.59 Å². The van der Waals surface area contributed by atoms with Crippen molar-refractivity contribution >= 4 is 17.8 Å². The summed E-state index contributed by atoms with van der Waals surface area (Å²) in [6, 6.07) is 9.94. The average Bonchev–Trinajstić information content (AvgIpc) is 3.37. The van der Waals surface area contributed by atoms with Crippen molar-refractivity contribution in [3.63, 3.8) is 0 Å². The number of hydrogen-bond acceptors (Lipinski definition) is 4. The molecule has 0 radical (unpaired) electrons. The number of carboxylic acids is 1. The van der Waals surface area contributed by atoms with Crippen LogP contribution in [0, 0.1) is 0 Å². The summed E-state index contributed by atoms with van der Waals surface area (Å²) in [7, 11) is 0. The Morgan fingerprint density at radius 1 is 1.18 bits per heavy atom. The van der Waals surface area contributed by atoms with Gasteiger partial charge in [-0.15, -0.1) is 0 Å². The molecule has 2 aromatic rings. The van der Waals surface area contributed by atoms with Crippen LogP contribution in [0.5, 0.6) is 0 Å². The average molecular weight is 384 g/mol. The number of benzene rings is 1. The van der Waals surface area contributed by atoms with Crippen molar-refractivity contribution in [3.05, 3.63) is 59.0 Å². The second-order valence-electron chi connectivity index (χ2n) is 6.85. The first-order chi connectivity index (χ1) is 13.5. The molecule has 1 unspecified atom stereocenters. The van der Waals surface area contributed by atoms with Gasteiger partial charge in [0.1, 0.15) is 17.4 Å². The molecule has 1 aliphatic heterocycles. The first kappa shape index (κ1) is 19.7. The zero-order chi connectivity index (χ0) is 20.1. The lowest BCUT2D eigenvalue weighted by molar-refractivity contribution is -0.132. The number of likely N-dealkylation sites (tertiary alicyclic amines) is 1. The first-order valence-corrected chi connectivity index (χ1v) is 9.49. The Balaban J connectivity index is 1.80. The molecule has 1 aliphatic rings. The van der Waals surface area contributed by atoms with E-state index in [1.54, 1.807) is 11.8 Å². The molecule has 1 aromatic heterocycles. The quantitative estimate of drug-likeness (QED) is 0.764. The monoisotopic (exact) mass is 384 g/mol. The molecule has 148 valence electrons. The van der Waals surface area contributed by atoms with Crippen LogP contribution >= 0.6 is 0 Å². The Hall–Kier alpha value is -3.09. The Labute approximate surface area is 163 Å². The minimum Gasteiger partial charge on any atom is -0.478 e. The Morgan fingerprint density at radius 3 is 2.43 bits per heavy atom. The molecule has 3 rings (SSSR count). The van der Waals surface area contributed by atoms with Gasteiger partial charge in [0, 0.05) is 32.0 Å². The fourth-order valence-electron chi connectivity index (χ4n) is 3.42. The van der Waals surface area contributed by atoms with E-state index in [9.17, 15) is 19.5 Å². The standard InChI is InChI=1S/C21H24N2O5/c1-2-17-15(21(26)27)13-18(28-17)19(24)22-16(12-14-8-4-3-5-9-14)20(25)23-10-6-7-11-23/h3-5,8-9,13,16H,2,6-7,10-12H2,1H3,(H,22,24)(H,26,27). The molecule has 1 fully saturated rings. The van der Waals surface area contributed by atoms with E-state index in [0.29, 0.717) is 25.9 Å². The maximum atomic E-state index is 12.9. The number of aryl methyl sites for hydroxylation is 1. The smallest absolute Gasteiger partial charge is 0.339 e. The third-order valence-corrected chi connectivity index (χ3v) is 4.89. The second kappa shape index (κ2) is 8.73. The predicted molar refractivity (Wildman–Crippen MR) is 102 cm³/mol. The fraction of sp³-hybridized carbons (Fsp3) is 0.381. The van der Waals surface area contributed by atoms with Crippen molar-refractivity contribution in [2.75, 3.05) is 13.1 Å². The molecule has 2 N–H and O–H groups in total. The largest absolute Gasteiger partial charge is 0.478 e. The number of amides is 2. The van der Waals surface area contributed by atoms with Crippen molar-refractivity contribution in [1.29, 1.82) is 0 Å². The number of carboxylic acid groups (broad SMARTS) is 1. The number of nitrogens with zero attached hydrogens (tertiary/aromatic N) is 1. The van der Waals surface area contributed by atoms with Gasteiger partial charge < -0.3 is 19.7 Å². The van der Waals surface area contributed by atoms with Crippen LogP contribution in [-0.4, -0.2) is 46.9 Å². The lowest BCUT2D eigenvalue weighted by Crippen LogP contribution is -2.48. The lowest BCUT2D eigenvalue weighted by Gasteiger charge is -2.24. The highest BCUT2D eigenvalue weighted by atomic mass is 16.4. The number of carbonyl (C=O) groups is 3. The Morgan fingerprint density at radius 2 is 1.86 bits per heavy atom. The van der Waals surface area contributed by atoms with E-state index in [-0.39, 0.29) is 23.0 Å². The predicted octanol–water partition coefficient (Wildman–Crippen LogP) is 2.50. The summed E-state index contributed by atoms with van der Waals surface area (Å²) in [5.41, 5.74) is 0.901. The van der Waals surface area contributed by atoms with E-state index < -0.39 is 17.9 Å². The van der Waals surface area contributed by atoms with Gasteiger partial charge in [0.2, 0.25) is 5.91 Å². The van der Waals surface area contributed by atoms with Gasteiger partial charge in [0.05, 0.1) is 0 Å². The molecule has 0 saturated carbocycles. The third kappa shape index (κ3) is 4.42. The van der Waals surface area contributed by atoms with E-state index in [1.165, 1.54) is 6.07 Å². The molecule has 1 saturated heterocycles. The van der Waals surface area contributed by atoms with E-state index in [0.717, 1.165) is 18.4 Å². The highest BCUT2D eigenvalue weighted by Gasteiger charge is 2.30. The highest BCUT2D eigenvalue weighted by Crippen LogP contribution is 2.18. The fourth-order valence-corrected chi connectivity index (χ4v) is 3.42. The van der Waals surface area contributed by atoms with E-state index in [4.69, 9.17) is 4.42 Å². The third-order valence-electron chi connectivity index (χ3n) is 4.89. The normalized spacial score (nSPS) is 14.7. The van der Waals surface area contributed by atoms with Gasteiger partial charge in [-0.05, 0) is 18.4 Å². The maximum absolute atomic E-state index is 12.9. The Kier molecular flexibility index (Phi) is 6.13. The minimum absolute atomic E-state index is 0.0295. The lowest BCUT2D eigenvalue weighted by atomic mass is 10.0. The van der Waals surface area contributed by atoms with Crippen molar-refractivity contribution < 1.29 is 23.9 Å². The molecule has 7 heteroatoms. The molecular weight excluding hydrogens is 360 g/mol. The number of hydrogen-bond donors (Lipinski definition) is 2. The van der Waals surface area contributed by atoms with Crippen LogP contribution < -0.4 is 5.32 Å². The molecule has 1 aromatic carbocycles. The molecule has 0 aliphatic carbocycles. The van der Waals surface area contributed by atoms with Crippen LogP contribution in [-0.2, 0) is 17.6 Å². The van der Waals surface area contributed by atoms with Crippen molar-refractivity contribution in [1.82, 2.24) is 10.2 Å². The molecule has 28 heavy (non-hydrogen) atoms. The van der Waals surface area contributed by atoms with Crippen LogP contribution in [0.3, 0.4) is 0 Å². The van der Waals surface area contributed by atoms with Gasteiger partial charge in [-0.25, -0.2) is 4.79 Å². The highest BCUT2D eigenvalue weighted by molar-refractivity contribution is 5.98. The van der Waals surface area contributed by atoms with Crippen LogP contribution in [0.25, 0.3) is 0 Å². The van der Waals surface area contributed by atoms with E-state index in [2.05, 4.69) is 5.32 Å². The maximum Gasteiger partial charge on any atom is 0.339 e. The summed E-state index contributed by atoms with van der Waals surface area (Å²) in [5, 5.41) is 12.0. The summed E-state index contributed by atoms with van der Waals surface area (Å²) in [4.78, 5) is 38.7. The summed E-state index contributed by atoms with van der Waals surface area (Å²) in [6.07, 6.45) is 2.62. The van der Waals surface area contributed by atoms with Crippen LogP contribution in [0.4, 0.5) is 0 Å². The number of rotatable bonds is 7. The van der Waals surface area contributed by atoms with Crippen LogP contribution in [0.1, 0.15) is 52.0 Å². The van der Waals surface area contributed by atoms with Crippen molar-refractivity contribution in [2.24, 2.45) is 0 Å². The summed E-state index contributed by atoms with van der Waals surface area (Å²) >= 11 is 0. The topological polar surface area (TPSA) is 99.9 Å². The summed E-state index contributed by atoms with van der Waals surface area (Å²) in [5.74, 6) is -1.72. The van der Waals surface area contributed by atoms with Crippen molar-refractivity contribution in [3.8, 4) is 0 Å². The first-order valence-electron chi connectivity index (χ1n) is 9.49. The molecule has 2 heterocycles. The van der Waals surface area contributed by atoms with Gasteiger partial charge in [0.25, 0.3) is 5.91 Å². The molecule has 0 bridgehead atoms. The zero-order valence-electron chi connectivity index (χ0n) is 15.8. The number of nitrogens with one attached hydrogen (secondary N) is 1. The molecule has 7 nitrogen and oxygen atoms in total. The summed E-state index contributed by atoms with van der Waals surface area (Å²) < 4.78 is 5.43. The van der Waals surface area contributed by atoms with Gasteiger partial charge in [-0.1, -0.05) is 37.3 Å². The second-order valence-corrected chi connectivity index (χ2v) is 6.85. The number of carbonyl (C=O) groups excluding carboxylic acids is 2. The zero-order valence-corrected chi connectivity index (χ0v) is 15.8. The van der Waals surface area contributed by atoms with Gasteiger partial charge in [0.15, 0.2) is 5.76 Å². The van der Waals surface area contributed by atoms with Gasteiger partial charge in [-0.2, -0.15) is 0 Å². The van der Waals surface area contributed by atoms with E-state index in [1.807, 2.05) is 30.3 Å². The van der Waals surface area contributed by atoms with Gasteiger partial charge >= 0.3 is 5.97 Å². The Bertz CT molecular complexity index is 853. The SMILES string of the molecule is CCc1oc(C(=O)NC(Cc2ccccc2)C(=O)N2CCCC2)cc1C(=O)O. The molecular formula is C21H24N2O5. The van der Waals surface area contributed by atoms with Crippen molar-refractivity contribution in [2.45, 2.75) is 38.6 Å². The molecule has 1 atom stereocenters. The minimum atomic E-state index is -1.14. The number of furan rings is 1. The number of aromatic carboxylic acids is 1. The van der Waals surface area contributed by atoms with Crippen LogP contribution in [0.2, 0.25) is 0 Å². The summed E-state index contributed by atoms with van der Waals surface area (Å²) in [6.45, 7) is 3.12. The molecule has 0 spiro atoms.